The Morgan fingerprint density at radius 1 is 1.10 bits per heavy atom. The number of halogens is 1. The second kappa shape index (κ2) is 7.23. The largest absolute Gasteiger partial charge is 0.497 e. The van der Waals surface area contributed by atoms with Crippen LogP contribution < -0.4 is 10.1 Å². The minimum Gasteiger partial charge on any atom is -0.497 e. The lowest BCUT2D eigenvalue weighted by Crippen LogP contribution is -2.30. The lowest BCUT2D eigenvalue weighted by Gasteiger charge is -2.21. The molecular formula is C18H22FNO. The van der Waals surface area contributed by atoms with Crippen molar-refractivity contribution >= 4 is 0 Å². The standard InChI is InChI=1S/C18H22FNO/c1-13(10-15-6-4-8-17(19)11-15)20-14(2)16-7-5-9-18(12-16)21-3/h4-9,11-14,20H,10H2,1-3H3/t13?,14-/m1/s1. The van der Waals surface area contributed by atoms with Crippen LogP contribution in [0.4, 0.5) is 4.39 Å². The summed E-state index contributed by atoms with van der Waals surface area (Å²) in [5, 5.41) is 3.54. The van der Waals surface area contributed by atoms with Gasteiger partial charge in [0.25, 0.3) is 0 Å². The number of benzene rings is 2. The van der Waals surface area contributed by atoms with Crippen molar-refractivity contribution in [2.75, 3.05) is 7.11 Å². The third-order valence-corrected chi connectivity index (χ3v) is 3.56. The molecule has 21 heavy (non-hydrogen) atoms. The van der Waals surface area contributed by atoms with Crippen LogP contribution in [0.1, 0.15) is 31.0 Å². The molecule has 2 aromatic rings. The average Bonchev–Trinajstić information content (AvgIpc) is 2.47. The van der Waals surface area contributed by atoms with Gasteiger partial charge in [0.1, 0.15) is 11.6 Å². The molecule has 0 aliphatic heterocycles. The zero-order valence-corrected chi connectivity index (χ0v) is 12.8. The van der Waals surface area contributed by atoms with Gasteiger partial charge in [-0.05, 0) is 55.7 Å². The van der Waals surface area contributed by atoms with Crippen molar-refractivity contribution in [3.05, 3.63) is 65.5 Å². The van der Waals surface area contributed by atoms with Gasteiger partial charge in [0.2, 0.25) is 0 Å². The maximum Gasteiger partial charge on any atom is 0.123 e. The molecule has 0 bridgehead atoms. The topological polar surface area (TPSA) is 21.3 Å². The molecule has 1 N–H and O–H groups in total. The Labute approximate surface area is 126 Å². The van der Waals surface area contributed by atoms with Crippen molar-refractivity contribution in [1.29, 1.82) is 0 Å². The minimum absolute atomic E-state index is 0.180. The highest BCUT2D eigenvalue weighted by molar-refractivity contribution is 5.30. The van der Waals surface area contributed by atoms with Crippen molar-refractivity contribution in [3.8, 4) is 5.75 Å². The molecule has 2 atom stereocenters. The first-order valence-electron chi connectivity index (χ1n) is 7.23. The van der Waals surface area contributed by atoms with Crippen molar-refractivity contribution < 1.29 is 9.13 Å². The quantitative estimate of drug-likeness (QED) is 0.863. The second-order valence-electron chi connectivity index (χ2n) is 5.40. The first-order chi connectivity index (χ1) is 10.1. The molecule has 0 heterocycles. The Morgan fingerprint density at radius 3 is 2.57 bits per heavy atom. The van der Waals surface area contributed by atoms with Crippen LogP contribution in [0.5, 0.6) is 5.75 Å². The maximum atomic E-state index is 13.2. The molecule has 0 saturated carbocycles. The van der Waals surface area contributed by atoms with Gasteiger partial charge in [0.15, 0.2) is 0 Å². The number of ether oxygens (including phenoxy) is 1. The van der Waals surface area contributed by atoms with Gasteiger partial charge in [-0.15, -0.1) is 0 Å². The summed E-state index contributed by atoms with van der Waals surface area (Å²) in [6.45, 7) is 4.23. The third kappa shape index (κ3) is 4.57. The summed E-state index contributed by atoms with van der Waals surface area (Å²) in [5.41, 5.74) is 2.19. The van der Waals surface area contributed by atoms with E-state index in [1.54, 1.807) is 19.2 Å². The number of hydrogen-bond donors (Lipinski definition) is 1. The average molecular weight is 287 g/mol. The van der Waals surface area contributed by atoms with Crippen LogP contribution in [-0.4, -0.2) is 13.2 Å². The molecule has 0 spiro atoms. The van der Waals surface area contributed by atoms with Crippen molar-refractivity contribution in [1.82, 2.24) is 5.32 Å². The first kappa shape index (κ1) is 15.5. The van der Waals surface area contributed by atoms with Crippen LogP contribution in [0.15, 0.2) is 48.5 Å². The van der Waals surface area contributed by atoms with Crippen LogP contribution >= 0.6 is 0 Å². The SMILES string of the molecule is COc1cccc([C@@H](C)NC(C)Cc2cccc(F)c2)c1. The molecule has 0 aliphatic rings. The van der Waals surface area contributed by atoms with E-state index < -0.39 is 0 Å². The van der Waals surface area contributed by atoms with Gasteiger partial charge in [-0.25, -0.2) is 4.39 Å². The molecule has 2 rings (SSSR count). The Hall–Kier alpha value is -1.87. The fourth-order valence-corrected chi connectivity index (χ4v) is 2.51. The highest BCUT2D eigenvalue weighted by atomic mass is 19.1. The van der Waals surface area contributed by atoms with E-state index in [9.17, 15) is 4.39 Å². The summed E-state index contributed by atoms with van der Waals surface area (Å²) in [6, 6.07) is 15.3. The monoisotopic (exact) mass is 287 g/mol. The highest BCUT2D eigenvalue weighted by Gasteiger charge is 2.11. The molecule has 0 aromatic heterocycles. The van der Waals surface area contributed by atoms with Gasteiger partial charge in [-0.2, -0.15) is 0 Å². The van der Waals surface area contributed by atoms with Crippen LogP contribution in [0.25, 0.3) is 0 Å². The van der Waals surface area contributed by atoms with E-state index in [1.807, 2.05) is 24.3 Å². The number of methoxy groups -OCH3 is 1. The van der Waals surface area contributed by atoms with Gasteiger partial charge >= 0.3 is 0 Å². The summed E-state index contributed by atoms with van der Waals surface area (Å²) in [6.07, 6.45) is 0.798. The van der Waals surface area contributed by atoms with E-state index in [0.717, 1.165) is 17.7 Å². The smallest absolute Gasteiger partial charge is 0.123 e. The summed E-state index contributed by atoms with van der Waals surface area (Å²) >= 11 is 0. The van der Waals surface area contributed by atoms with Crippen LogP contribution in [0.2, 0.25) is 0 Å². The molecular weight excluding hydrogens is 265 g/mol. The van der Waals surface area contributed by atoms with Gasteiger partial charge < -0.3 is 10.1 Å². The van der Waals surface area contributed by atoms with E-state index in [4.69, 9.17) is 4.74 Å². The molecule has 0 radical (unpaired) electrons. The second-order valence-corrected chi connectivity index (χ2v) is 5.40. The molecule has 0 fully saturated rings. The van der Waals surface area contributed by atoms with E-state index in [2.05, 4.69) is 25.2 Å². The van der Waals surface area contributed by atoms with E-state index in [1.165, 1.54) is 11.6 Å². The number of rotatable bonds is 6. The molecule has 3 heteroatoms. The van der Waals surface area contributed by atoms with Gasteiger partial charge in [0.05, 0.1) is 7.11 Å². The summed E-state index contributed by atoms with van der Waals surface area (Å²) in [4.78, 5) is 0. The number of nitrogens with one attached hydrogen (secondary N) is 1. The van der Waals surface area contributed by atoms with Gasteiger partial charge in [-0.3, -0.25) is 0 Å². The zero-order chi connectivity index (χ0) is 15.2. The molecule has 0 amide bonds. The Bertz CT molecular complexity index is 585. The van der Waals surface area contributed by atoms with E-state index in [0.29, 0.717) is 0 Å². The lowest BCUT2D eigenvalue weighted by atomic mass is 10.0. The van der Waals surface area contributed by atoms with Crippen LogP contribution in [-0.2, 0) is 6.42 Å². The summed E-state index contributed by atoms with van der Waals surface area (Å²) < 4.78 is 18.4. The highest BCUT2D eigenvalue weighted by Crippen LogP contribution is 2.19. The van der Waals surface area contributed by atoms with Crippen molar-refractivity contribution in [2.24, 2.45) is 0 Å². The Balaban J connectivity index is 1.96. The fraction of sp³-hybridized carbons (Fsp3) is 0.333. The number of hydrogen-bond acceptors (Lipinski definition) is 2. The van der Waals surface area contributed by atoms with Gasteiger partial charge in [-0.1, -0.05) is 24.3 Å². The van der Waals surface area contributed by atoms with Crippen molar-refractivity contribution in [3.63, 3.8) is 0 Å². The zero-order valence-electron chi connectivity index (χ0n) is 12.8. The summed E-state index contributed by atoms with van der Waals surface area (Å²) in [5.74, 6) is 0.680. The summed E-state index contributed by atoms with van der Waals surface area (Å²) in [7, 11) is 1.67. The first-order valence-corrected chi connectivity index (χ1v) is 7.23. The van der Waals surface area contributed by atoms with E-state index in [-0.39, 0.29) is 17.9 Å². The molecule has 2 nitrogen and oxygen atoms in total. The Morgan fingerprint density at radius 2 is 1.86 bits per heavy atom. The normalized spacial score (nSPS) is 13.7. The lowest BCUT2D eigenvalue weighted by molar-refractivity contribution is 0.412. The molecule has 0 saturated heterocycles. The molecule has 112 valence electrons. The third-order valence-electron chi connectivity index (χ3n) is 3.56. The maximum absolute atomic E-state index is 13.2. The Kier molecular flexibility index (Phi) is 5.34. The molecule has 0 aliphatic carbocycles. The van der Waals surface area contributed by atoms with Crippen LogP contribution in [0.3, 0.4) is 0 Å². The fourth-order valence-electron chi connectivity index (χ4n) is 2.51. The molecule has 2 aromatic carbocycles. The van der Waals surface area contributed by atoms with Crippen LogP contribution in [0, 0.1) is 5.82 Å². The predicted molar refractivity (Wildman–Crippen MR) is 84.1 cm³/mol. The van der Waals surface area contributed by atoms with Crippen molar-refractivity contribution in [2.45, 2.75) is 32.4 Å². The minimum atomic E-state index is -0.180. The van der Waals surface area contributed by atoms with Gasteiger partial charge in [0, 0.05) is 12.1 Å². The molecule has 1 unspecified atom stereocenters. The van der Waals surface area contributed by atoms with E-state index >= 15 is 0 Å². The predicted octanol–water partition coefficient (Wildman–Crippen LogP) is 4.12.